The van der Waals surface area contributed by atoms with Crippen LogP contribution in [0, 0.1) is 24.0 Å². The molecule has 0 saturated heterocycles. The van der Waals surface area contributed by atoms with E-state index in [9.17, 15) is 0 Å². The Balaban J connectivity index is 2.13. The third kappa shape index (κ3) is 5.10. The molecule has 2 aromatic carbocycles. The molecule has 22 heavy (non-hydrogen) atoms. The van der Waals surface area contributed by atoms with Crippen molar-refractivity contribution in [2.45, 2.75) is 27.7 Å². The van der Waals surface area contributed by atoms with Crippen molar-refractivity contribution >= 4 is 0 Å². The van der Waals surface area contributed by atoms with E-state index in [0.717, 1.165) is 22.6 Å². The van der Waals surface area contributed by atoms with Gasteiger partial charge in [0.25, 0.3) is 0 Å². The van der Waals surface area contributed by atoms with Crippen LogP contribution in [0.25, 0.3) is 11.1 Å². The van der Waals surface area contributed by atoms with Gasteiger partial charge in [0.05, 0.1) is 13.2 Å². The first kappa shape index (κ1) is 16.4. The molecular formula is C20H24O2. The Kier molecular flexibility index (Phi) is 5.88. The van der Waals surface area contributed by atoms with Crippen LogP contribution in [0.4, 0.5) is 0 Å². The minimum Gasteiger partial charge on any atom is -0.493 e. The number of hydrogen-bond donors (Lipinski definition) is 0. The normalized spacial score (nSPS) is 11.0. The van der Waals surface area contributed by atoms with E-state index < -0.39 is 0 Å². The Hall–Kier alpha value is -1.96. The summed E-state index contributed by atoms with van der Waals surface area (Å²) in [6.45, 7) is 9.98. The maximum absolute atomic E-state index is 5.77. The minimum absolute atomic E-state index is 0.506. The number of hydrogen-bond acceptors (Lipinski definition) is 2. The number of ether oxygens (including phenoxy) is 2. The molecule has 0 spiro atoms. The molecule has 2 nitrogen and oxygen atoms in total. The first-order chi connectivity index (χ1) is 10.5. The fourth-order valence-electron chi connectivity index (χ4n) is 1.91. The molecule has 2 radical (unpaired) electrons. The third-order valence-electron chi connectivity index (χ3n) is 3.00. The molecule has 0 fully saturated rings. The first-order valence-corrected chi connectivity index (χ1v) is 7.84. The lowest BCUT2D eigenvalue weighted by molar-refractivity contribution is 0.271. The molecule has 0 aromatic heterocycles. The van der Waals surface area contributed by atoms with E-state index in [2.05, 4.69) is 39.8 Å². The fraction of sp³-hybridized carbons (Fsp3) is 0.400. The summed E-state index contributed by atoms with van der Waals surface area (Å²) in [5, 5.41) is 0. The van der Waals surface area contributed by atoms with Crippen molar-refractivity contribution in [3.63, 3.8) is 0 Å². The highest BCUT2D eigenvalue weighted by Gasteiger charge is 2.04. The van der Waals surface area contributed by atoms with Crippen LogP contribution in [-0.2, 0) is 0 Å². The van der Waals surface area contributed by atoms with Crippen LogP contribution in [-0.4, -0.2) is 13.2 Å². The van der Waals surface area contributed by atoms with E-state index in [-0.39, 0.29) is 0 Å². The molecule has 0 unspecified atom stereocenters. The SMILES string of the molecule is CC(C)COc1cc[c]c(-c2[c]ccc(OCC(C)C)c2)c1. The van der Waals surface area contributed by atoms with Crippen LogP contribution in [0.5, 0.6) is 11.5 Å². The van der Waals surface area contributed by atoms with Gasteiger partial charge in [-0.25, -0.2) is 0 Å². The predicted octanol–water partition coefficient (Wildman–Crippen LogP) is 5.02. The molecule has 116 valence electrons. The van der Waals surface area contributed by atoms with Gasteiger partial charge < -0.3 is 9.47 Å². The van der Waals surface area contributed by atoms with Gasteiger partial charge in [0.2, 0.25) is 0 Å². The molecule has 2 aromatic rings. The Morgan fingerprint density at radius 1 is 0.773 bits per heavy atom. The van der Waals surface area contributed by atoms with Gasteiger partial charge in [0.1, 0.15) is 11.5 Å². The molecule has 0 amide bonds. The molecule has 0 aliphatic rings. The quantitative estimate of drug-likeness (QED) is 0.714. The van der Waals surface area contributed by atoms with Gasteiger partial charge in [0.15, 0.2) is 0 Å². The molecule has 0 atom stereocenters. The van der Waals surface area contributed by atoms with Crippen LogP contribution in [0.2, 0.25) is 0 Å². The molecule has 0 heterocycles. The summed E-state index contributed by atoms with van der Waals surface area (Å²) in [4.78, 5) is 0. The van der Waals surface area contributed by atoms with Crippen LogP contribution in [0.1, 0.15) is 27.7 Å². The minimum atomic E-state index is 0.506. The van der Waals surface area contributed by atoms with Crippen LogP contribution in [0.3, 0.4) is 0 Å². The van der Waals surface area contributed by atoms with Crippen molar-refractivity contribution in [3.8, 4) is 22.6 Å². The van der Waals surface area contributed by atoms with Gasteiger partial charge in [-0.15, -0.1) is 0 Å². The summed E-state index contributed by atoms with van der Waals surface area (Å²) in [5.74, 6) is 2.74. The predicted molar refractivity (Wildman–Crippen MR) is 90.2 cm³/mol. The molecule has 2 rings (SSSR count). The lowest BCUT2D eigenvalue weighted by Crippen LogP contribution is -2.04. The lowest BCUT2D eigenvalue weighted by atomic mass is 10.1. The van der Waals surface area contributed by atoms with Crippen LogP contribution in [0.15, 0.2) is 36.4 Å². The zero-order valence-corrected chi connectivity index (χ0v) is 13.8. The van der Waals surface area contributed by atoms with Gasteiger partial charge in [-0.2, -0.15) is 0 Å². The van der Waals surface area contributed by atoms with E-state index in [1.807, 2.05) is 36.4 Å². The van der Waals surface area contributed by atoms with Gasteiger partial charge in [0, 0.05) is 0 Å². The van der Waals surface area contributed by atoms with Crippen molar-refractivity contribution < 1.29 is 9.47 Å². The number of benzene rings is 2. The van der Waals surface area contributed by atoms with Crippen LogP contribution >= 0.6 is 0 Å². The van der Waals surface area contributed by atoms with Gasteiger partial charge >= 0.3 is 0 Å². The van der Waals surface area contributed by atoms with E-state index >= 15 is 0 Å². The molecule has 0 aliphatic heterocycles. The standard InChI is InChI=1S/C20H24O2/c1-15(2)13-21-19-9-5-7-17(11-19)18-8-6-10-20(12-18)22-14-16(3)4/h5-6,9-12,15-16H,13-14H2,1-4H3. The van der Waals surface area contributed by atoms with E-state index in [1.54, 1.807) is 0 Å². The highest BCUT2D eigenvalue weighted by molar-refractivity contribution is 5.65. The summed E-state index contributed by atoms with van der Waals surface area (Å²) >= 11 is 0. The topological polar surface area (TPSA) is 18.5 Å². The third-order valence-corrected chi connectivity index (χ3v) is 3.00. The molecule has 2 heteroatoms. The van der Waals surface area contributed by atoms with Gasteiger partial charge in [-0.1, -0.05) is 39.8 Å². The van der Waals surface area contributed by atoms with Crippen molar-refractivity contribution in [1.82, 2.24) is 0 Å². The number of rotatable bonds is 7. The largest absolute Gasteiger partial charge is 0.493 e. The Morgan fingerprint density at radius 3 is 1.55 bits per heavy atom. The molecular weight excluding hydrogens is 272 g/mol. The second kappa shape index (κ2) is 7.88. The maximum atomic E-state index is 5.77. The van der Waals surface area contributed by atoms with Crippen molar-refractivity contribution in [2.24, 2.45) is 11.8 Å². The average molecular weight is 296 g/mol. The molecule has 0 N–H and O–H groups in total. The van der Waals surface area contributed by atoms with Gasteiger partial charge in [-0.05, 0) is 59.4 Å². The Bertz CT molecular complexity index is 534. The molecule has 0 saturated carbocycles. The highest BCUT2D eigenvalue weighted by Crippen LogP contribution is 2.26. The maximum Gasteiger partial charge on any atom is 0.119 e. The summed E-state index contributed by atoms with van der Waals surface area (Å²) in [7, 11) is 0. The fourth-order valence-corrected chi connectivity index (χ4v) is 1.91. The van der Waals surface area contributed by atoms with Crippen molar-refractivity contribution in [3.05, 3.63) is 48.5 Å². The lowest BCUT2D eigenvalue weighted by Gasteiger charge is -2.11. The Labute approximate surface area is 134 Å². The monoisotopic (exact) mass is 296 g/mol. The van der Waals surface area contributed by atoms with Crippen molar-refractivity contribution in [2.75, 3.05) is 13.2 Å². The van der Waals surface area contributed by atoms with E-state index in [0.29, 0.717) is 25.0 Å². The molecule has 0 bridgehead atoms. The van der Waals surface area contributed by atoms with Crippen molar-refractivity contribution in [1.29, 1.82) is 0 Å². The zero-order chi connectivity index (χ0) is 15.9. The molecule has 0 aliphatic carbocycles. The Morgan fingerprint density at radius 2 is 1.18 bits per heavy atom. The summed E-state index contributed by atoms with van der Waals surface area (Å²) in [6, 6.07) is 18.1. The second-order valence-electron chi connectivity index (χ2n) is 6.29. The summed E-state index contributed by atoms with van der Waals surface area (Å²) < 4.78 is 11.5. The van der Waals surface area contributed by atoms with E-state index in [4.69, 9.17) is 9.47 Å². The average Bonchev–Trinajstić information content (AvgIpc) is 2.51. The second-order valence-corrected chi connectivity index (χ2v) is 6.29. The highest BCUT2D eigenvalue weighted by atomic mass is 16.5. The first-order valence-electron chi connectivity index (χ1n) is 7.84. The smallest absolute Gasteiger partial charge is 0.119 e. The zero-order valence-electron chi connectivity index (χ0n) is 13.8. The summed E-state index contributed by atoms with van der Waals surface area (Å²) in [6.07, 6.45) is 0. The van der Waals surface area contributed by atoms with Gasteiger partial charge in [-0.3, -0.25) is 0 Å². The van der Waals surface area contributed by atoms with Crippen LogP contribution < -0.4 is 9.47 Å². The summed E-state index contributed by atoms with van der Waals surface area (Å²) in [5.41, 5.74) is 1.94. The van der Waals surface area contributed by atoms with E-state index in [1.165, 1.54) is 0 Å².